The highest BCUT2D eigenvalue weighted by Gasteiger charge is 2.11. The van der Waals surface area contributed by atoms with Crippen LogP contribution in [0.4, 0.5) is 10.5 Å². The summed E-state index contributed by atoms with van der Waals surface area (Å²) in [5.41, 5.74) is 0.672. The Bertz CT molecular complexity index is 444. The first kappa shape index (κ1) is 16.8. The van der Waals surface area contributed by atoms with Crippen molar-refractivity contribution < 1.29 is 9.53 Å². The number of nitrogens with one attached hydrogen (secondary N) is 2. The van der Waals surface area contributed by atoms with Crippen LogP contribution in [0.1, 0.15) is 20.8 Å². The molecule has 0 aromatic heterocycles. The second-order valence-electron chi connectivity index (χ2n) is 5.14. The third-order valence-electron chi connectivity index (χ3n) is 2.05. The smallest absolute Gasteiger partial charge is 0.411 e. The van der Waals surface area contributed by atoms with Crippen molar-refractivity contribution >= 4 is 40.1 Å². The predicted octanol–water partition coefficient (Wildman–Crippen LogP) is 3.64. The molecule has 0 spiro atoms. The van der Waals surface area contributed by atoms with Crippen molar-refractivity contribution in [2.45, 2.75) is 26.3 Å². The summed E-state index contributed by atoms with van der Waals surface area (Å²) in [4.78, 5) is 11.5. The van der Waals surface area contributed by atoms with Gasteiger partial charge in [0.05, 0.1) is 0 Å². The Labute approximate surface area is 129 Å². The first-order valence-electron chi connectivity index (χ1n) is 6.30. The molecule has 1 amide bonds. The Hall–Kier alpha value is -1.27. The van der Waals surface area contributed by atoms with Gasteiger partial charge in [-0.25, -0.2) is 4.79 Å². The number of amides is 1. The summed E-state index contributed by atoms with van der Waals surface area (Å²) in [6.07, 6.45) is -0.452. The van der Waals surface area contributed by atoms with Gasteiger partial charge in [-0.15, -0.1) is 0 Å². The topological polar surface area (TPSA) is 50.4 Å². The number of carbonyl (C=O) groups is 1. The molecule has 20 heavy (non-hydrogen) atoms. The summed E-state index contributed by atoms with van der Waals surface area (Å²) in [6, 6.07) is 9.19. The first-order valence-corrected chi connectivity index (χ1v) is 7.70. The van der Waals surface area contributed by atoms with Crippen LogP contribution in [-0.2, 0) is 4.74 Å². The van der Waals surface area contributed by atoms with Crippen molar-refractivity contribution in [2.75, 3.05) is 17.7 Å². The number of benzene rings is 1. The van der Waals surface area contributed by atoms with E-state index in [1.165, 1.54) is 11.8 Å². The quantitative estimate of drug-likeness (QED) is 0.656. The number of anilines is 1. The van der Waals surface area contributed by atoms with Crippen LogP contribution in [0, 0.1) is 0 Å². The minimum Gasteiger partial charge on any atom is -0.448 e. The number of thioether (sulfide) groups is 1. The van der Waals surface area contributed by atoms with Crippen LogP contribution in [0.25, 0.3) is 0 Å². The second-order valence-corrected chi connectivity index (χ2v) is 6.91. The van der Waals surface area contributed by atoms with Crippen LogP contribution < -0.4 is 10.6 Å². The summed E-state index contributed by atoms with van der Waals surface area (Å²) < 4.78 is 5.78. The maximum absolute atomic E-state index is 11.5. The Balaban J connectivity index is 2.15. The molecule has 0 aliphatic carbocycles. The zero-order chi connectivity index (χ0) is 15.0. The first-order chi connectivity index (χ1) is 9.37. The zero-order valence-electron chi connectivity index (χ0n) is 11.9. The lowest BCUT2D eigenvalue weighted by Gasteiger charge is -2.21. The van der Waals surface area contributed by atoms with E-state index >= 15 is 0 Å². The van der Waals surface area contributed by atoms with Crippen molar-refractivity contribution in [1.29, 1.82) is 0 Å². The van der Waals surface area contributed by atoms with E-state index in [1.54, 1.807) is 12.1 Å². The van der Waals surface area contributed by atoms with Crippen LogP contribution in [-0.4, -0.2) is 28.3 Å². The van der Waals surface area contributed by atoms with E-state index in [2.05, 4.69) is 10.6 Å². The number of rotatable bonds is 4. The molecule has 0 aliphatic heterocycles. The van der Waals surface area contributed by atoms with Crippen molar-refractivity contribution in [3.63, 3.8) is 0 Å². The summed E-state index contributed by atoms with van der Waals surface area (Å²) in [6.45, 7) is 6.45. The van der Waals surface area contributed by atoms with Crippen molar-refractivity contribution in [3.8, 4) is 0 Å². The highest BCUT2D eigenvalue weighted by molar-refractivity contribution is 8.22. The monoisotopic (exact) mass is 312 g/mol. The zero-order valence-corrected chi connectivity index (χ0v) is 13.6. The van der Waals surface area contributed by atoms with Crippen LogP contribution in [0.3, 0.4) is 0 Å². The van der Waals surface area contributed by atoms with Gasteiger partial charge >= 0.3 is 6.09 Å². The number of hydrogen-bond donors (Lipinski definition) is 2. The fourth-order valence-electron chi connectivity index (χ4n) is 1.29. The molecule has 110 valence electrons. The normalized spacial score (nSPS) is 10.8. The standard InChI is InChI=1S/C14H20N2O2S2/c1-14(2,3)16-13(19)20-10-9-18-12(17)15-11-7-5-4-6-8-11/h4-8H,9-10H2,1-3H3,(H,15,17)(H,16,19). The van der Waals surface area contributed by atoms with E-state index in [-0.39, 0.29) is 5.54 Å². The van der Waals surface area contributed by atoms with Gasteiger partial charge in [-0.1, -0.05) is 42.2 Å². The summed E-state index contributed by atoms with van der Waals surface area (Å²) in [5.74, 6) is 0.629. The maximum atomic E-state index is 11.5. The van der Waals surface area contributed by atoms with Crippen molar-refractivity contribution in [1.82, 2.24) is 5.32 Å². The van der Waals surface area contributed by atoms with Gasteiger partial charge in [-0.05, 0) is 32.9 Å². The minimum atomic E-state index is -0.452. The molecule has 0 heterocycles. The minimum absolute atomic E-state index is 0.0460. The third-order valence-corrected chi connectivity index (χ3v) is 3.24. The van der Waals surface area contributed by atoms with E-state index in [0.29, 0.717) is 16.7 Å². The van der Waals surface area contributed by atoms with Gasteiger partial charge < -0.3 is 10.1 Å². The lowest BCUT2D eigenvalue weighted by atomic mass is 10.1. The lowest BCUT2D eigenvalue weighted by molar-refractivity contribution is 0.169. The van der Waals surface area contributed by atoms with Gasteiger partial charge in [0.15, 0.2) is 0 Å². The van der Waals surface area contributed by atoms with Gasteiger partial charge in [0.2, 0.25) is 0 Å². The van der Waals surface area contributed by atoms with Gasteiger partial charge in [0, 0.05) is 17.0 Å². The second kappa shape index (κ2) is 8.11. The number of carbonyl (C=O) groups excluding carboxylic acids is 1. The molecular weight excluding hydrogens is 292 g/mol. The van der Waals surface area contributed by atoms with Crippen LogP contribution >= 0.6 is 24.0 Å². The van der Waals surface area contributed by atoms with E-state index in [1.807, 2.05) is 39.0 Å². The fourth-order valence-corrected chi connectivity index (χ4v) is 2.57. The SMILES string of the molecule is CC(C)(C)NC(=S)SCCOC(=O)Nc1ccccc1. The lowest BCUT2D eigenvalue weighted by Crippen LogP contribution is -2.38. The largest absolute Gasteiger partial charge is 0.448 e. The average molecular weight is 312 g/mol. The van der Waals surface area contributed by atoms with E-state index in [9.17, 15) is 4.79 Å². The molecule has 0 bridgehead atoms. The molecule has 0 saturated heterocycles. The highest BCUT2D eigenvalue weighted by Crippen LogP contribution is 2.08. The maximum Gasteiger partial charge on any atom is 0.411 e. The molecule has 1 aromatic carbocycles. The molecule has 0 atom stereocenters. The van der Waals surface area contributed by atoms with Crippen molar-refractivity contribution in [3.05, 3.63) is 30.3 Å². The van der Waals surface area contributed by atoms with E-state index in [0.717, 1.165) is 5.69 Å². The van der Waals surface area contributed by atoms with Gasteiger partial charge in [0.25, 0.3) is 0 Å². The van der Waals surface area contributed by atoms with E-state index in [4.69, 9.17) is 17.0 Å². The molecular formula is C14H20N2O2S2. The van der Waals surface area contributed by atoms with Crippen LogP contribution in [0.15, 0.2) is 30.3 Å². The molecule has 1 rings (SSSR count). The Kier molecular flexibility index (Phi) is 6.81. The molecule has 4 nitrogen and oxygen atoms in total. The van der Waals surface area contributed by atoms with Crippen molar-refractivity contribution in [2.24, 2.45) is 0 Å². The fraction of sp³-hybridized carbons (Fsp3) is 0.429. The number of para-hydroxylation sites is 1. The summed E-state index contributed by atoms with van der Waals surface area (Å²) >= 11 is 6.65. The number of hydrogen-bond acceptors (Lipinski definition) is 4. The Morgan fingerprint density at radius 3 is 2.55 bits per heavy atom. The summed E-state index contributed by atoms with van der Waals surface area (Å²) in [7, 11) is 0. The third kappa shape index (κ3) is 8.01. The Morgan fingerprint density at radius 1 is 1.30 bits per heavy atom. The van der Waals surface area contributed by atoms with Crippen LogP contribution in [0.5, 0.6) is 0 Å². The number of thiocarbonyl (C=S) groups is 1. The molecule has 6 heteroatoms. The molecule has 0 radical (unpaired) electrons. The van der Waals surface area contributed by atoms with Gasteiger partial charge in [0.1, 0.15) is 10.9 Å². The van der Waals surface area contributed by atoms with E-state index < -0.39 is 6.09 Å². The predicted molar refractivity (Wildman–Crippen MR) is 89.4 cm³/mol. The van der Waals surface area contributed by atoms with Crippen LogP contribution in [0.2, 0.25) is 0 Å². The molecule has 0 unspecified atom stereocenters. The molecule has 0 fully saturated rings. The highest BCUT2D eigenvalue weighted by atomic mass is 32.2. The molecule has 2 N–H and O–H groups in total. The molecule has 0 aliphatic rings. The van der Waals surface area contributed by atoms with Gasteiger partial charge in [-0.3, -0.25) is 5.32 Å². The molecule has 0 saturated carbocycles. The Morgan fingerprint density at radius 2 is 1.95 bits per heavy atom. The summed E-state index contributed by atoms with van der Waals surface area (Å²) in [5, 5.41) is 5.83. The number of ether oxygens (including phenoxy) is 1. The average Bonchev–Trinajstić information content (AvgIpc) is 2.34. The van der Waals surface area contributed by atoms with Gasteiger partial charge in [-0.2, -0.15) is 0 Å². The molecule has 1 aromatic rings.